The molecular formula is C23H28ClN5O4. The maximum Gasteiger partial charge on any atom is 0.255 e. The Morgan fingerprint density at radius 1 is 1.12 bits per heavy atom. The number of amides is 1. The smallest absolute Gasteiger partial charge is 0.255 e. The largest absolute Gasteiger partial charge is 0.493 e. The molecule has 2 aromatic heterocycles. The van der Waals surface area contributed by atoms with Crippen LogP contribution in [-0.2, 0) is 26.1 Å². The van der Waals surface area contributed by atoms with Crippen LogP contribution in [0.25, 0.3) is 0 Å². The van der Waals surface area contributed by atoms with Crippen molar-refractivity contribution in [3.05, 3.63) is 57.5 Å². The fourth-order valence-electron chi connectivity index (χ4n) is 4.08. The molecule has 3 heterocycles. The number of fused-ring (bicyclic) bond motifs is 1. The minimum Gasteiger partial charge on any atom is -0.493 e. The highest BCUT2D eigenvalue weighted by molar-refractivity contribution is 6.31. The van der Waals surface area contributed by atoms with Crippen molar-refractivity contribution in [2.45, 2.75) is 39.9 Å². The topological polar surface area (TPSA) is 94.6 Å². The van der Waals surface area contributed by atoms with Crippen molar-refractivity contribution < 1.29 is 18.7 Å². The van der Waals surface area contributed by atoms with Gasteiger partial charge in [0.25, 0.3) is 5.91 Å². The Hall–Kier alpha value is -3.04. The number of nitrogens with one attached hydrogen (secondary N) is 1. The normalized spacial score (nSPS) is 14.0. The predicted octanol–water partition coefficient (Wildman–Crippen LogP) is 3.15. The van der Waals surface area contributed by atoms with Crippen molar-refractivity contribution in [2.75, 3.05) is 27.3 Å². The first kappa shape index (κ1) is 23.1. The van der Waals surface area contributed by atoms with E-state index < -0.39 is 0 Å². The highest BCUT2D eigenvalue weighted by Crippen LogP contribution is 2.33. The summed E-state index contributed by atoms with van der Waals surface area (Å²) in [7, 11) is 3.21. The summed E-state index contributed by atoms with van der Waals surface area (Å²) < 4.78 is 18.3. The fourth-order valence-corrected chi connectivity index (χ4v) is 4.30. The predicted molar refractivity (Wildman–Crippen MR) is 123 cm³/mol. The second-order valence-electron chi connectivity index (χ2n) is 8.02. The summed E-state index contributed by atoms with van der Waals surface area (Å²) >= 11 is 6.49. The van der Waals surface area contributed by atoms with Gasteiger partial charge >= 0.3 is 0 Å². The van der Waals surface area contributed by atoms with E-state index in [2.05, 4.69) is 25.0 Å². The number of methoxy groups -OCH3 is 2. The van der Waals surface area contributed by atoms with E-state index in [9.17, 15) is 4.79 Å². The van der Waals surface area contributed by atoms with Crippen LogP contribution < -0.4 is 14.8 Å². The average Bonchev–Trinajstić information content (AvgIpc) is 3.29. The molecule has 0 bridgehead atoms. The Bertz CT molecular complexity index is 1160. The maximum absolute atomic E-state index is 12.5. The van der Waals surface area contributed by atoms with Gasteiger partial charge in [-0.2, -0.15) is 0 Å². The van der Waals surface area contributed by atoms with Crippen LogP contribution >= 0.6 is 11.6 Å². The van der Waals surface area contributed by atoms with Crippen LogP contribution in [0.3, 0.4) is 0 Å². The van der Waals surface area contributed by atoms with Crippen molar-refractivity contribution in [1.29, 1.82) is 0 Å². The molecule has 1 aromatic carbocycles. The van der Waals surface area contributed by atoms with Gasteiger partial charge in [-0.15, -0.1) is 10.2 Å². The number of rotatable bonds is 7. The maximum atomic E-state index is 12.5. The summed E-state index contributed by atoms with van der Waals surface area (Å²) in [5, 5.41) is 12.2. The van der Waals surface area contributed by atoms with Crippen molar-refractivity contribution in [3.63, 3.8) is 0 Å². The van der Waals surface area contributed by atoms with Gasteiger partial charge in [0.2, 0.25) is 0 Å². The van der Waals surface area contributed by atoms with Crippen molar-refractivity contribution in [1.82, 2.24) is 25.0 Å². The third-order valence-corrected chi connectivity index (χ3v) is 6.19. The molecule has 0 saturated heterocycles. The highest BCUT2D eigenvalue weighted by atomic mass is 35.5. The van der Waals surface area contributed by atoms with Gasteiger partial charge < -0.3 is 23.8 Å². The number of carbonyl (C=O) groups is 1. The Labute approximate surface area is 197 Å². The van der Waals surface area contributed by atoms with Gasteiger partial charge in [-0.05, 0) is 31.5 Å². The minimum atomic E-state index is -0.181. The van der Waals surface area contributed by atoms with E-state index in [4.69, 9.17) is 25.5 Å². The van der Waals surface area contributed by atoms with E-state index in [-0.39, 0.29) is 5.91 Å². The van der Waals surface area contributed by atoms with Gasteiger partial charge in [0.15, 0.2) is 17.3 Å². The number of benzene rings is 1. The molecule has 1 amide bonds. The lowest BCUT2D eigenvalue weighted by Gasteiger charge is -2.21. The fraction of sp³-hybridized carbons (Fsp3) is 0.435. The van der Waals surface area contributed by atoms with Crippen LogP contribution in [0.4, 0.5) is 0 Å². The van der Waals surface area contributed by atoms with E-state index in [1.807, 2.05) is 13.0 Å². The molecule has 0 unspecified atom stereocenters. The Morgan fingerprint density at radius 3 is 2.58 bits per heavy atom. The standard InChI is InChI=1S/C23H28ClN5O4/c1-14-9-17(15(2)33-14)23(30)25-12-22-27-26-21-5-6-28(7-8-29(21)22)13-16-10-19(31-3)20(32-4)11-18(16)24/h9-11H,5-8,12-13H2,1-4H3,(H,25,30). The molecule has 0 atom stereocenters. The quantitative estimate of drug-likeness (QED) is 0.563. The first-order valence-electron chi connectivity index (χ1n) is 10.8. The van der Waals surface area contributed by atoms with Crippen molar-refractivity contribution in [2.24, 2.45) is 0 Å². The number of ether oxygens (including phenoxy) is 2. The molecule has 9 nitrogen and oxygen atoms in total. The third-order valence-electron chi connectivity index (χ3n) is 5.83. The van der Waals surface area contributed by atoms with Gasteiger partial charge in [0, 0.05) is 43.7 Å². The molecule has 10 heteroatoms. The van der Waals surface area contributed by atoms with Gasteiger partial charge in [0.1, 0.15) is 17.3 Å². The molecule has 0 spiro atoms. The summed E-state index contributed by atoms with van der Waals surface area (Å²) in [6.45, 7) is 6.94. The van der Waals surface area contributed by atoms with Crippen LogP contribution in [0.2, 0.25) is 5.02 Å². The third kappa shape index (κ3) is 4.99. The summed E-state index contributed by atoms with van der Waals surface area (Å²) in [5.74, 6) is 4.06. The number of hydrogen-bond donors (Lipinski definition) is 1. The number of nitrogens with zero attached hydrogens (tertiary/aromatic N) is 4. The lowest BCUT2D eigenvalue weighted by molar-refractivity contribution is 0.0948. The summed E-state index contributed by atoms with van der Waals surface area (Å²) in [6, 6.07) is 5.45. The number of aromatic nitrogens is 3. The molecule has 1 aliphatic heterocycles. The molecule has 33 heavy (non-hydrogen) atoms. The van der Waals surface area contributed by atoms with E-state index in [1.165, 1.54) is 0 Å². The monoisotopic (exact) mass is 473 g/mol. The van der Waals surface area contributed by atoms with Crippen LogP contribution in [0.5, 0.6) is 11.5 Å². The zero-order valence-corrected chi connectivity index (χ0v) is 20.0. The highest BCUT2D eigenvalue weighted by Gasteiger charge is 2.21. The van der Waals surface area contributed by atoms with Crippen LogP contribution in [0, 0.1) is 13.8 Å². The molecule has 0 saturated carbocycles. The number of halogens is 1. The van der Waals surface area contributed by atoms with Crippen LogP contribution in [0.15, 0.2) is 22.6 Å². The van der Waals surface area contributed by atoms with Gasteiger partial charge in [-0.3, -0.25) is 9.69 Å². The SMILES string of the molecule is COc1cc(Cl)c(CN2CCc3nnc(CNC(=O)c4cc(C)oc4C)n3CC2)cc1OC. The molecule has 3 aromatic rings. The molecular weight excluding hydrogens is 446 g/mol. The summed E-state index contributed by atoms with van der Waals surface area (Å²) in [6.07, 6.45) is 0.756. The van der Waals surface area contributed by atoms with Crippen molar-refractivity contribution in [3.8, 4) is 11.5 Å². The minimum absolute atomic E-state index is 0.181. The zero-order chi connectivity index (χ0) is 23.5. The summed E-state index contributed by atoms with van der Waals surface area (Å²) in [4.78, 5) is 14.8. The van der Waals surface area contributed by atoms with Gasteiger partial charge in [-0.25, -0.2) is 0 Å². The van der Waals surface area contributed by atoms with Crippen LogP contribution in [-0.4, -0.2) is 52.9 Å². The second kappa shape index (κ2) is 9.84. The van der Waals surface area contributed by atoms with Gasteiger partial charge in [-0.1, -0.05) is 11.6 Å². The molecule has 0 aliphatic carbocycles. The van der Waals surface area contributed by atoms with Gasteiger partial charge in [0.05, 0.1) is 26.3 Å². The lowest BCUT2D eigenvalue weighted by Crippen LogP contribution is -2.28. The Kier molecular flexibility index (Phi) is 6.90. The van der Waals surface area contributed by atoms with E-state index in [1.54, 1.807) is 33.3 Å². The number of furan rings is 1. The first-order valence-corrected chi connectivity index (χ1v) is 11.2. The molecule has 0 radical (unpaired) electrons. The molecule has 1 N–H and O–H groups in total. The molecule has 0 fully saturated rings. The Morgan fingerprint density at radius 2 is 1.88 bits per heavy atom. The number of aryl methyl sites for hydroxylation is 2. The lowest BCUT2D eigenvalue weighted by atomic mass is 10.1. The second-order valence-corrected chi connectivity index (χ2v) is 8.43. The summed E-state index contributed by atoms with van der Waals surface area (Å²) in [5.41, 5.74) is 1.52. The molecule has 1 aliphatic rings. The van der Waals surface area contributed by atoms with E-state index in [0.29, 0.717) is 46.7 Å². The molecule has 4 rings (SSSR count). The number of hydrogen-bond acceptors (Lipinski definition) is 7. The van der Waals surface area contributed by atoms with E-state index >= 15 is 0 Å². The first-order chi connectivity index (χ1) is 15.9. The Balaban J connectivity index is 1.40. The van der Waals surface area contributed by atoms with Crippen molar-refractivity contribution >= 4 is 17.5 Å². The molecule has 176 valence electrons. The van der Waals surface area contributed by atoms with Crippen LogP contribution in [0.1, 0.15) is 39.1 Å². The van der Waals surface area contributed by atoms with E-state index in [0.717, 1.165) is 43.3 Å². The average molecular weight is 474 g/mol. The zero-order valence-electron chi connectivity index (χ0n) is 19.3. The number of carbonyl (C=O) groups excluding carboxylic acids is 1.